The highest BCUT2D eigenvalue weighted by molar-refractivity contribution is 7.09. The average molecular weight is 281 g/mol. The molecule has 0 aromatic carbocycles. The van der Waals surface area contributed by atoms with E-state index in [1.54, 1.807) is 11.3 Å². The number of hydrogen-bond acceptors (Lipinski definition) is 4. The first-order valence-electron chi connectivity index (χ1n) is 7.39. The molecule has 0 spiro atoms. The minimum Gasteiger partial charge on any atom is -0.330 e. The number of piperidine rings is 1. The Morgan fingerprint density at radius 1 is 1.42 bits per heavy atom. The van der Waals surface area contributed by atoms with Crippen LogP contribution in [-0.4, -0.2) is 29.0 Å². The maximum atomic E-state index is 5.74. The van der Waals surface area contributed by atoms with E-state index in [9.17, 15) is 0 Å². The molecule has 0 aliphatic carbocycles. The molecule has 1 unspecified atom stereocenters. The molecular weight excluding hydrogens is 254 g/mol. The second kappa shape index (κ2) is 6.33. The molecule has 2 rings (SSSR count). The molecule has 1 aliphatic heterocycles. The molecular formula is C15H27N3S. The van der Waals surface area contributed by atoms with Gasteiger partial charge in [-0.3, -0.25) is 4.90 Å². The van der Waals surface area contributed by atoms with E-state index in [1.165, 1.54) is 36.5 Å². The summed E-state index contributed by atoms with van der Waals surface area (Å²) in [4.78, 5) is 7.40. The Morgan fingerprint density at radius 3 is 2.84 bits per heavy atom. The molecule has 1 fully saturated rings. The van der Waals surface area contributed by atoms with E-state index in [4.69, 9.17) is 10.7 Å². The van der Waals surface area contributed by atoms with Gasteiger partial charge in [0, 0.05) is 23.4 Å². The van der Waals surface area contributed by atoms with Crippen molar-refractivity contribution in [3.05, 3.63) is 16.1 Å². The number of nitrogens with two attached hydrogens (primary N) is 1. The van der Waals surface area contributed by atoms with Crippen LogP contribution in [0.3, 0.4) is 0 Å². The fourth-order valence-corrected chi connectivity index (χ4v) is 3.62. The van der Waals surface area contributed by atoms with Gasteiger partial charge >= 0.3 is 0 Å². The predicted molar refractivity (Wildman–Crippen MR) is 82.5 cm³/mol. The van der Waals surface area contributed by atoms with E-state index in [0.29, 0.717) is 6.04 Å². The lowest BCUT2D eigenvalue weighted by molar-refractivity contribution is 0.132. The van der Waals surface area contributed by atoms with E-state index in [2.05, 4.69) is 31.1 Å². The zero-order valence-electron chi connectivity index (χ0n) is 12.5. The molecule has 1 aromatic rings. The second-order valence-corrected chi connectivity index (χ2v) is 7.45. The van der Waals surface area contributed by atoms with Crippen molar-refractivity contribution in [2.75, 3.05) is 13.1 Å². The van der Waals surface area contributed by atoms with Crippen molar-refractivity contribution in [2.45, 2.75) is 64.5 Å². The largest absolute Gasteiger partial charge is 0.330 e. The Kier molecular flexibility index (Phi) is 4.98. The summed E-state index contributed by atoms with van der Waals surface area (Å²) in [7, 11) is 0. The molecule has 0 radical (unpaired) electrons. The molecule has 1 aromatic heterocycles. The lowest BCUT2D eigenvalue weighted by Crippen LogP contribution is -2.40. The highest BCUT2D eigenvalue weighted by Gasteiger charge is 2.23. The maximum Gasteiger partial charge on any atom is 0.0982 e. The van der Waals surface area contributed by atoms with Gasteiger partial charge in [-0.25, -0.2) is 4.98 Å². The Bertz CT molecular complexity index is 392. The van der Waals surface area contributed by atoms with Crippen LogP contribution in [0.25, 0.3) is 0 Å². The third-order valence-electron chi connectivity index (χ3n) is 3.81. The first kappa shape index (κ1) is 14.9. The monoisotopic (exact) mass is 281 g/mol. The Labute approximate surface area is 121 Å². The van der Waals surface area contributed by atoms with Crippen molar-refractivity contribution in [3.8, 4) is 0 Å². The molecule has 1 saturated heterocycles. The fraction of sp³-hybridized carbons (Fsp3) is 0.800. The number of nitrogens with zero attached hydrogens (tertiary/aromatic N) is 2. The molecule has 0 saturated carbocycles. The van der Waals surface area contributed by atoms with Crippen LogP contribution in [0.5, 0.6) is 0 Å². The van der Waals surface area contributed by atoms with Crippen molar-refractivity contribution in [3.63, 3.8) is 0 Å². The van der Waals surface area contributed by atoms with Crippen LogP contribution < -0.4 is 5.73 Å². The highest BCUT2D eigenvalue weighted by atomic mass is 32.1. The highest BCUT2D eigenvalue weighted by Crippen LogP contribution is 2.27. The summed E-state index contributed by atoms with van der Waals surface area (Å²) in [6.07, 6.45) is 5.09. The van der Waals surface area contributed by atoms with Crippen LogP contribution >= 0.6 is 11.3 Å². The van der Waals surface area contributed by atoms with Gasteiger partial charge in [0.2, 0.25) is 0 Å². The summed E-state index contributed by atoms with van der Waals surface area (Å²) in [6, 6.07) is 0.665. The first-order valence-corrected chi connectivity index (χ1v) is 8.27. The van der Waals surface area contributed by atoms with Crippen LogP contribution in [0.2, 0.25) is 0 Å². The van der Waals surface area contributed by atoms with Crippen LogP contribution in [0, 0.1) is 0 Å². The first-order chi connectivity index (χ1) is 9.00. The van der Waals surface area contributed by atoms with Gasteiger partial charge in [-0.15, -0.1) is 11.3 Å². The van der Waals surface area contributed by atoms with Crippen molar-refractivity contribution in [1.29, 1.82) is 0 Å². The van der Waals surface area contributed by atoms with Gasteiger partial charge in [-0.05, 0) is 32.4 Å². The van der Waals surface area contributed by atoms with Crippen molar-refractivity contribution >= 4 is 11.3 Å². The molecule has 4 heteroatoms. The zero-order valence-corrected chi connectivity index (χ0v) is 13.3. The van der Waals surface area contributed by atoms with Gasteiger partial charge in [0.25, 0.3) is 0 Å². The van der Waals surface area contributed by atoms with Gasteiger partial charge in [0.05, 0.1) is 10.7 Å². The molecule has 108 valence electrons. The smallest absolute Gasteiger partial charge is 0.0982 e. The summed E-state index contributed by atoms with van der Waals surface area (Å²) < 4.78 is 0. The Morgan fingerprint density at radius 2 is 2.21 bits per heavy atom. The average Bonchev–Trinajstić information content (AvgIpc) is 2.80. The van der Waals surface area contributed by atoms with E-state index in [1.807, 2.05) is 0 Å². The van der Waals surface area contributed by atoms with Crippen LogP contribution in [0.1, 0.15) is 57.2 Å². The van der Waals surface area contributed by atoms with Gasteiger partial charge in [-0.1, -0.05) is 27.2 Å². The zero-order chi connectivity index (χ0) is 13.9. The Hall–Kier alpha value is -0.450. The predicted octanol–water partition coefficient (Wildman–Crippen LogP) is 3.14. The number of hydrogen-bond donors (Lipinski definition) is 1. The minimum absolute atomic E-state index is 0.168. The lowest BCUT2D eigenvalue weighted by Gasteiger charge is -2.35. The standard InChI is InChI=1S/C15H27N3S/c1-15(2,3)14-17-12(11-19-14)10-18-9-5-4-6-13(18)7-8-16/h11,13H,4-10,16H2,1-3H3. The molecule has 0 bridgehead atoms. The third kappa shape index (κ3) is 4.01. The summed E-state index contributed by atoms with van der Waals surface area (Å²) in [5, 5.41) is 3.48. The van der Waals surface area contributed by atoms with E-state index < -0.39 is 0 Å². The third-order valence-corrected chi connectivity index (χ3v) is 5.12. The van der Waals surface area contributed by atoms with Crippen LogP contribution in [-0.2, 0) is 12.0 Å². The van der Waals surface area contributed by atoms with E-state index in [0.717, 1.165) is 19.5 Å². The number of aromatic nitrogens is 1. The summed E-state index contributed by atoms with van der Waals surface area (Å²) in [5.74, 6) is 0. The summed E-state index contributed by atoms with van der Waals surface area (Å²) in [5.41, 5.74) is 7.14. The lowest BCUT2D eigenvalue weighted by atomic mass is 9.98. The van der Waals surface area contributed by atoms with Crippen molar-refractivity contribution < 1.29 is 0 Å². The second-order valence-electron chi connectivity index (χ2n) is 6.59. The van der Waals surface area contributed by atoms with Gasteiger partial charge in [0.15, 0.2) is 0 Å². The molecule has 0 amide bonds. The molecule has 1 aliphatic rings. The number of rotatable bonds is 4. The van der Waals surface area contributed by atoms with Gasteiger partial charge in [-0.2, -0.15) is 0 Å². The van der Waals surface area contributed by atoms with Gasteiger partial charge < -0.3 is 5.73 Å². The van der Waals surface area contributed by atoms with Crippen molar-refractivity contribution in [1.82, 2.24) is 9.88 Å². The normalized spacial score (nSPS) is 21.8. The quantitative estimate of drug-likeness (QED) is 0.922. The topological polar surface area (TPSA) is 42.2 Å². The molecule has 19 heavy (non-hydrogen) atoms. The van der Waals surface area contributed by atoms with Gasteiger partial charge in [0.1, 0.15) is 0 Å². The maximum absolute atomic E-state index is 5.74. The van der Waals surface area contributed by atoms with Crippen LogP contribution in [0.15, 0.2) is 5.38 Å². The van der Waals surface area contributed by atoms with Crippen molar-refractivity contribution in [2.24, 2.45) is 5.73 Å². The summed E-state index contributed by atoms with van der Waals surface area (Å²) >= 11 is 1.80. The van der Waals surface area contributed by atoms with E-state index >= 15 is 0 Å². The van der Waals surface area contributed by atoms with E-state index in [-0.39, 0.29) is 5.41 Å². The van der Waals surface area contributed by atoms with Crippen LogP contribution in [0.4, 0.5) is 0 Å². The molecule has 3 nitrogen and oxygen atoms in total. The minimum atomic E-state index is 0.168. The molecule has 2 N–H and O–H groups in total. The number of thiazole rings is 1. The molecule has 2 heterocycles. The SMILES string of the molecule is CC(C)(C)c1nc(CN2CCCCC2CCN)cs1. The molecule has 1 atom stereocenters. The Balaban J connectivity index is 2.00. The number of likely N-dealkylation sites (tertiary alicyclic amines) is 1. The fourth-order valence-electron chi connectivity index (χ4n) is 2.72. The summed E-state index contributed by atoms with van der Waals surface area (Å²) in [6.45, 7) is 9.69.